The van der Waals surface area contributed by atoms with Crippen LogP contribution in [0.4, 0.5) is 0 Å². The Kier molecular flexibility index (Phi) is 3.97. The minimum absolute atomic E-state index is 0.00984. The van der Waals surface area contributed by atoms with Crippen molar-refractivity contribution >= 4 is 39.9 Å². The van der Waals surface area contributed by atoms with Crippen molar-refractivity contribution in [3.05, 3.63) is 28.8 Å². The molecule has 1 aromatic rings. The van der Waals surface area contributed by atoms with E-state index in [0.29, 0.717) is 5.75 Å². The van der Waals surface area contributed by atoms with Gasteiger partial charge >= 0.3 is 0 Å². The molecule has 0 saturated heterocycles. The summed E-state index contributed by atoms with van der Waals surface area (Å²) in [4.78, 5) is 0. The third-order valence-electron chi connectivity index (χ3n) is 1.60. The van der Waals surface area contributed by atoms with E-state index in [4.69, 9.17) is 27.9 Å². The summed E-state index contributed by atoms with van der Waals surface area (Å²) >= 11 is 15.9. The zero-order valence-corrected chi connectivity index (χ0v) is 9.34. The Morgan fingerprint density at radius 2 is 2.23 bits per heavy atom. The van der Waals surface area contributed by atoms with Crippen LogP contribution in [0.15, 0.2) is 18.2 Å². The average molecular weight is 235 g/mol. The van der Waals surface area contributed by atoms with Gasteiger partial charge < -0.3 is 4.74 Å². The summed E-state index contributed by atoms with van der Waals surface area (Å²) < 4.78 is 5.04. The van der Waals surface area contributed by atoms with Crippen molar-refractivity contribution in [3.8, 4) is 5.75 Å². The largest absolute Gasteiger partial charge is 0.436 e. The molecule has 0 bridgehead atoms. The number of hydrogen-bond donors (Lipinski definition) is 0. The van der Waals surface area contributed by atoms with E-state index < -0.39 is 0 Å². The number of hydrogen-bond acceptors (Lipinski definition) is 2. The van der Waals surface area contributed by atoms with E-state index >= 15 is 0 Å². The Morgan fingerprint density at radius 3 is 2.77 bits per heavy atom. The number of halogens is 2. The number of rotatable bonds is 2. The van der Waals surface area contributed by atoms with Gasteiger partial charge in [0.2, 0.25) is 0 Å². The molecule has 0 N–H and O–H groups in total. The number of benzene rings is 1. The summed E-state index contributed by atoms with van der Waals surface area (Å²) in [6.45, 7) is 2.02. The maximum absolute atomic E-state index is 5.91. The highest BCUT2D eigenvalue weighted by Crippen LogP contribution is 2.22. The molecule has 0 amide bonds. The molecule has 1 aromatic carbocycles. The molecule has 4 heteroatoms. The molecule has 0 aliphatic carbocycles. The van der Waals surface area contributed by atoms with Crippen molar-refractivity contribution in [1.82, 2.24) is 0 Å². The van der Waals surface area contributed by atoms with Crippen LogP contribution in [0.1, 0.15) is 12.5 Å². The topological polar surface area (TPSA) is 9.23 Å². The van der Waals surface area contributed by atoms with Crippen molar-refractivity contribution in [2.24, 2.45) is 0 Å². The Morgan fingerprint density at radius 1 is 1.54 bits per heavy atom. The summed E-state index contributed by atoms with van der Waals surface area (Å²) in [5.41, 5.74) is 1.02. The second-order valence-electron chi connectivity index (χ2n) is 2.45. The molecule has 0 aliphatic rings. The van der Waals surface area contributed by atoms with Crippen LogP contribution in [0, 0.1) is 0 Å². The second kappa shape index (κ2) is 4.80. The van der Waals surface area contributed by atoms with Crippen LogP contribution < -0.4 is 4.74 Å². The van der Waals surface area contributed by atoms with Gasteiger partial charge in [0.1, 0.15) is 5.75 Å². The third-order valence-corrected chi connectivity index (χ3v) is 2.13. The molecule has 0 spiro atoms. The molecule has 1 nitrogen and oxygen atoms in total. The highest BCUT2D eigenvalue weighted by Gasteiger charge is 2.01. The van der Waals surface area contributed by atoms with E-state index in [1.807, 2.05) is 13.0 Å². The van der Waals surface area contributed by atoms with Crippen molar-refractivity contribution in [1.29, 1.82) is 0 Å². The first-order chi connectivity index (χ1) is 6.13. The molecule has 1 rings (SSSR count). The minimum atomic E-state index is -0.00984. The van der Waals surface area contributed by atoms with Crippen LogP contribution in [0.3, 0.4) is 0 Å². The van der Waals surface area contributed by atoms with Crippen molar-refractivity contribution in [2.75, 3.05) is 0 Å². The molecule has 0 unspecified atom stereocenters. The summed E-state index contributed by atoms with van der Waals surface area (Å²) in [5.74, 6) is 0.626. The number of ether oxygens (including phenoxy) is 1. The Labute approximate surface area is 92.6 Å². The van der Waals surface area contributed by atoms with Crippen molar-refractivity contribution in [3.63, 3.8) is 0 Å². The Bertz CT molecular complexity index is 325. The Hall–Kier alpha value is -0.310. The molecular weight excluding hydrogens is 227 g/mol. The highest BCUT2D eigenvalue weighted by molar-refractivity contribution is 7.82. The maximum atomic E-state index is 5.91. The zero-order chi connectivity index (χ0) is 9.84. The van der Waals surface area contributed by atoms with Gasteiger partial charge in [0.05, 0.1) is 0 Å². The summed E-state index contributed by atoms with van der Waals surface area (Å²) in [7, 11) is 0. The lowest BCUT2D eigenvalue weighted by molar-refractivity contribution is 0.576. The van der Waals surface area contributed by atoms with Crippen LogP contribution in [-0.4, -0.2) is 4.51 Å². The van der Waals surface area contributed by atoms with Gasteiger partial charge in [0.25, 0.3) is 4.51 Å². The van der Waals surface area contributed by atoms with Gasteiger partial charge in [0, 0.05) is 5.02 Å². The first-order valence-electron chi connectivity index (χ1n) is 3.79. The summed E-state index contributed by atoms with van der Waals surface area (Å²) in [5, 5.41) is 0.732. The first kappa shape index (κ1) is 10.8. The van der Waals surface area contributed by atoms with E-state index in [9.17, 15) is 0 Å². The second-order valence-corrected chi connectivity index (χ2v) is 3.79. The summed E-state index contributed by atoms with van der Waals surface area (Å²) in [6.07, 6.45) is 0.852. The molecule has 70 valence electrons. The molecule has 0 fully saturated rings. The smallest absolute Gasteiger partial charge is 0.260 e. The van der Waals surface area contributed by atoms with Gasteiger partial charge in [-0.15, -0.1) is 0 Å². The zero-order valence-electron chi connectivity index (χ0n) is 7.01. The first-order valence-corrected chi connectivity index (χ1v) is 4.95. The van der Waals surface area contributed by atoms with Gasteiger partial charge in [-0.2, -0.15) is 0 Å². The molecule has 0 aliphatic heterocycles. The molecule has 0 saturated carbocycles. The highest BCUT2D eigenvalue weighted by atomic mass is 35.5. The number of thiocarbonyl (C=S) groups is 1. The lowest BCUT2D eigenvalue weighted by atomic mass is 10.2. The van der Waals surface area contributed by atoms with E-state index in [1.165, 1.54) is 0 Å². The van der Waals surface area contributed by atoms with Crippen LogP contribution in [0.25, 0.3) is 0 Å². The van der Waals surface area contributed by atoms with Gasteiger partial charge in [-0.1, -0.05) is 18.5 Å². The lowest BCUT2D eigenvalue weighted by Gasteiger charge is -2.05. The van der Waals surface area contributed by atoms with Crippen LogP contribution >= 0.6 is 35.4 Å². The monoisotopic (exact) mass is 234 g/mol. The fraction of sp³-hybridized carbons (Fsp3) is 0.222. The quantitative estimate of drug-likeness (QED) is 0.569. The van der Waals surface area contributed by atoms with Gasteiger partial charge in [-0.05, 0) is 54.0 Å². The molecule has 0 heterocycles. The molecule has 13 heavy (non-hydrogen) atoms. The van der Waals surface area contributed by atoms with Crippen molar-refractivity contribution in [2.45, 2.75) is 13.3 Å². The van der Waals surface area contributed by atoms with Crippen molar-refractivity contribution < 1.29 is 4.74 Å². The fourth-order valence-electron chi connectivity index (χ4n) is 0.978. The molecule has 0 atom stereocenters. The normalized spacial score (nSPS) is 9.77. The van der Waals surface area contributed by atoms with E-state index in [-0.39, 0.29) is 4.51 Å². The van der Waals surface area contributed by atoms with E-state index in [2.05, 4.69) is 12.2 Å². The Balaban J connectivity index is 2.92. The van der Waals surface area contributed by atoms with E-state index in [1.54, 1.807) is 12.1 Å². The van der Waals surface area contributed by atoms with Crippen LogP contribution in [-0.2, 0) is 6.42 Å². The standard InChI is InChI=1S/C9H8Cl2OS/c1-2-6-5-7(12-9(11)13)3-4-8(6)10/h3-5H,2H2,1H3. The molecular formula is C9H8Cl2OS. The average Bonchev–Trinajstić information content (AvgIpc) is 2.07. The SMILES string of the molecule is CCc1cc(OC(=S)Cl)ccc1Cl. The van der Waals surface area contributed by atoms with Crippen LogP contribution in [0.5, 0.6) is 5.75 Å². The van der Waals surface area contributed by atoms with Gasteiger partial charge in [-0.25, -0.2) is 0 Å². The number of aryl methyl sites for hydroxylation is 1. The summed E-state index contributed by atoms with van der Waals surface area (Å²) in [6, 6.07) is 5.33. The third kappa shape index (κ3) is 3.14. The predicted octanol–water partition coefficient (Wildman–Crippen LogP) is 3.80. The fourth-order valence-corrected chi connectivity index (χ4v) is 1.41. The van der Waals surface area contributed by atoms with Gasteiger partial charge in [-0.3, -0.25) is 0 Å². The minimum Gasteiger partial charge on any atom is -0.436 e. The molecule has 0 radical (unpaired) electrons. The predicted molar refractivity (Wildman–Crippen MR) is 59.9 cm³/mol. The molecule has 0 aromatic heterocycles. The van der Waals surface area contributed by atoms with Gasteiger partial charge in [0.15, 0.2) is 0 Å². The lowest BCUT2D eigenvalue weighted by Crippen LogP contribution is -1.96. The van der Waals surface area contributed by atoms with E-state index in [0.717, 1.165) is 17.0 Å². The maximum Gasteiger partial charge on any atom is 0.260 e. The van der Waals surface area contributed by atoms with Crippen LogP contribution in [0.2, 0.25) is 5.02 Å².